The van der Waals surface area contributed by atoms with E-state index in [2.05, 4.69) is 9.71 Å². The zero-order valence-electron chi connectivity index (χ0n) is 11.5. The van der Waals surface area contributed by atoms with E-state index < -0.39 is 10.0 Å². The van der Waals surface area contributed by atoms with Gasteiger partial charge in [-0.1, -0.05) is 0 Å². The van der Waals surface area contributed by atoms with Crippen molar-refractivity contribution < 1.29 is 18.3 Å². The Balaban J connectivity index is 2.39. The Morgan fingerprint density at radius 1 is 1.33 bits per heavy atom. The second-order valence-corrected chi connectivity index (χ2v) is 5.95. The lowest BCUT2D eigenvalue weighted by molar-refractivity contribution is 0.298. The highest BCUT2D eigenvalue weighted by atomic mass is 32.2. The van der Waals surface area contributed by atoms with Gasteiger partial charge in [0.15, 0.2) is 0 Å². The van der Waals surface area contributed by atoms with E-state index in [-0.39, 0.29) is 17.9 Å². The third-order valence-corrected chi connectivity index (χ3v) is 4.33. The summed E-state index contributed by atoms with van der Waals surface area (Å²) in [7, 11) is -2.25. The van der Waals surface area contributed by atoms with E-state index in [0.717, 1.165) is 0 Å². The number of pyridine rings is 1. The van der Waals surface area contributed by atoms with Crippen molar-refractivity contribution in [2.45, 2.75) is 11.3 Å². The van der Waals surface area contributed by atoms with Crippen molar-refractivity contribution in [2.75, 3.05) is 18.4 Å². The molecule has 6 nitrogen and oxygen atoms in total. The molecule has 0 bridgehead atoms. The molecule has 2 aromatic rings. The molecule has 0 unspecified atom stereocenters. The number of nitrogens with zero attached hydrogens (tertiary/aromatic N) is 1. The topological polar surface area (TPSA) is 88.5 Å². The van der Waals surface area contributed by atoms with E-state index in [1.54, 1.807) is 30.5 Å². The van der Waals surface area contributed by atoms with Crippen LogP contribution in [0.15, 0.2) is 47.6 Å². The number of anilines is 1. The largest absolute Gasteiger partial charge is 0.497 e. The van der Waals surface area contributed by atoms with E-state index in [1.165, 1.54) is 19.4 Å². The van der Waals surface area contributed by atoms with Gasteiger partial charge in [0.25, 0.3) is 10.0 Å². The van der Waals surface area contributed by atoms with Crippen molar-refractivity contribution in [3.63, 3.8) is 0 Å². The Morgan fingerprint density at radius 3 is 2.76 bits per heavy atom. The molecule has 1 aromatic heterocycles. The van der Waals surface area contributed by atoms with Crippen molar-refractivity contribution in [1.29, 1.82) is 0 Å². The first-order valence-electron chi connectivity index (χ1n) is 6.27. The molecular formula is C14H16N2O4S. The Labute approximate surface area is 123 Å². The monoisotopic (exact) mass is 308 g/mol. The summed E-state index contributed by atoms with van der Waals surface area (Å²) in [5, 5.41) is 9.10. The van der Waals surface area contributed by atoms with Crippen molar-refractivity contribution >= 4 is 15.7 Å². The Morgan fingerprint density at radius 2 is 2.14 bits per heavy atom. The molecule has 21 heavy (non-hydrogen) atoms. The quantitative estimate of drug-likeness (QED) is 0.842. The summed E-state index contributed by atoms with van der Waals surface area (Å²) in [4.78, 5) is 3.97. The average molecular weight is 308 g/mol. The number of ether oxygens (including phenoxy) is 1. The molecule has 0 aliphatic rings. The molecule has 0 aliphatic carbocycles. The van der Waals surface area contributed by atoms with Gasteiger partial charge in [-0.2, -0.15) is 0 Å². The van der Waals surface area contributed by atoms with E-state index >= 15 is 0 Å². The van der Waals surface area contributed by atoms with Crippen LogP contribution in [0.4, 0.5) is 5.69 Å². The van der Waals surface area contributed by atoms with Gasteiger partial charge in [0.2, 0.25) is 0 Å². The number of sulfonamides is 1. The number of aliphatic hydroxyl groups is 1. The summed E-state index contributed by atoms with van der Waals surface area (Å²) in [6.45, 7) is -0.150. The van der Waals surface area contributed by atoms with Crippen molar-refractivity contribution in [2.24, 2.45) is 0 Å². The minimum Gasteiger partial charge on any atom is -0.497 e. The first kappa shape index (κ1) is 15.3. The third-order valence-electron chi connectivity index (χ3n) is 2.85. The van der Waals surface area contributed by atoms with Gasteiger partial charge < -0.3 is 9.84 Å². The third kappa shape index (κ3) is 3.71. The molecule has 2 rings (SSSR count). The van der Waals surface area contributed by atoms with E-state index in [1.807, 2.05) is 0 Å². The smallest absolute Gasteiger partial charge is 0.262 e. The van der Waals surface area contributed by atoms with Gasteiger partial charge in [0.1, 0.15) is 5.75 Å². The number of aliphatic hydroxyl groups excluding tert-OH is 1. The van der Waals surface area contributed by atoms with E-state index in [0.29, 0.717) is 17.0 Å². The molecule has 0 atom stereocenters. The Bertz CT molecular complexity index is 702. The van der Waals surface area contributed by atoms with Crippen LogP contribution in [-0.2, 0) is 16.4 Å². The highest BCUT2D eigenvalue weighted by Crippen LogP contribution is 2.24. The standard InChI is InChI=1S/C14H16N2O4S/c1-20-13-4-5-14(11(9-13)6-8-17)21(18,19)16-12-3-2-7-15-10-12/h2-5,7,9-10,16-17H,6,8H2,1H3. The van der Waals surface area contributed by atoms with Gasteiger partial charge in [-0.05, 0) is 42.3 Å². The van der Waals surface area contributed by atoms with Crippen LogP contribution in [0.1, 0.15) is 5.56 Å². The second-order valence-electron chi connectivity index (χ2n) is 4.29. The Hall–Kier alpha value is -2.12. The summed E-state index contributed by atoms with van der Waals surface area (Å²) >= 11 is 0. The molecule has 0 fully saturated rings. The molecule has 1 heterocycles. The molecule has 0 aliphatic heterocycles. The van der Waals surface area contributed by atoms with Crippen LogP contribution < -0.4 is 9.46 Å². The van der Waals surface area contributed by atoms with Crippen LogP contribution in [0.25, 0.3) is 0 Å². The fourth-order valence-corrected chi connectivity index (χ4v) is 3.19. The van der Waals surface area contributed by atoms with Crippen LogP contribution in [0, 0.1) is 0 Å². The summed E-state index contributed by atoms with van der Waals surface area (Å²) < 4.78 is 32.4. The van der Waals surface area contributed by atoms with Gasteiger partial charge in [-0.15, -0.1) is 0 Å². The summed E-state index contributed by atoms with van der Waals surface area (Å²) in [5.41, 5.74) is 0.872. The van der Waals surface area contributed by atoms with Crippen molar-refractivity contribution in [3.05, 3.63) is 48.3 Å². The number of aromatic nitrogens is 1. The summed E-state index contributed by atoms with van der Waals surface area (Å²) in [6.07, 6.45) is 3.20. The molecule has 0 saturated heterocycles. The fourth-order valence-electron chi connectivity index (χ4n) is 1.89. The maximum Gasteiger partial charge on any atom is 0.262 e. The molecule has 112 valence electrons. The molecule has 7 heteroatoms. The van der Waals surface area contributed by atoms with Gasteiger partial charge in [-0.3, -0.25) is 9.71 Å². The lowest BCUT2D eigenvalue weighted by Gasteiger charge is -2.13. The predicted molar refractivity (Wildman–Crippen MR) is 78.8 cm³/mol. The zero-order chi connectivity index (χ0) is 15.3. The molecule has 1 aromatic carbocycles. The minimum atomic E-state index is -3.75. The number of rotatable bonds is 6. The summed E-state index contributed by atoms with van der Waals surface area (Å²) in [6, 6.07) is 7.88. The first-order chi connectivity index (χ1) is 10.1. The van der Waals surface area contributed by atoms with Gasteiger partial charge >= 0.3 is 0 Å². The number of methoxy groups -OCH3 is 1. The van der Waals surface area contributed by atoms with E-state index in [4.69, 9.17) is 9.84 Å². The van der Waals surface area contributed by atoms with Gasteiger partial charge in [0, 0.05) is 12.8 Å². The highest BCUT2D eigenvalue weighted by Gasteiger charge is 2.19. The minimum absolute atomic E-state index is 0.112. The predicted octanol–water partition coefficient (Wildman–Crippen LogP) is 1.43. The number of hydrogen-bond acceptors (Lipinski definition) is 5. The maximum atomic E-state index is 12.4. The number of benzene rings is 1. The second kappa shape index (κ2) is 6.55. The van der Waals surface area contributed by atoms with Gasteiger partial charge in [-0.25, -0.2) is 8.42 Å². The lowest BCUT2D eigenvalue weighted by atomic mass is 10.1. The van der Waals surface area contributed by atoms with Gasteiger partial charge in [0.05, 0.1) is 23.9 Å². The number of nitrogens with one attached hydrogen (secondary N) is 1. The van der Waals surface area contributed by atoms with Crippen molar-refractivity contribution in [1.82, 2.24) is 4.98 Å². The van der Waals surface area contributed by atoms with Crippen LogP contribution >= 0.6 is 0 Å². The normalized spacial score (nSPS) is 11.1. The van der Waals surface area contributed by atoms with Crippen LogP contribution in [-0.4, -0.2) is 32.2 Å². The molecule has 0 radical (unpaired) electrons. The van der Waals surface area contributed by atoms with Crippen LogP contribution in [0.3, 0.4) is 0 Å². The number of hydrogen-bond donors (Lipinski definition) is 2. The lowest BCUT2D eigenvalue weighted by Crippen LogP contribution is -2.15. The fraction of sp³-hybridized carbons (Fsp3) is 0.214. The molecule has 0 spiro atoms. The molecule has 2 N–H and O–H groups in total. The van der Waals surface area contributed by atoms with Crippen LogP contribution in [0.2, 0.25) is 0 Å². The van der Waals surface area contributed by atoms with E-state index in [9.17, 15) is 8.42 Å². The SMILES string of the molecule is COc1ccc(S(=O)(=O)Nc2cccnc2)c(CCO)c1. The zero-order valence-corrected chi connectivity index (χ0v) is 12.3. The average Bonchev–Trinajstić information content (AvgIpc) is 2.48. The van der Waals surface area contributed by atoms with Crippen LogP contribution in [0.5, 0.6) is 5.75 Å². The van der Waals surface area contributed by atoms with Crippen molar-refractivity contribution in [3.8, 4) is 5.75 Å². The Kier molecular flexibility index (Phi) is 4.77. The molecule has 0 amide bonds. The highest BCUT2D eigenvalue weighted by molar-refractivity contribution is 7.92. The maximum absolute atomic E-state index is 12.4. The summed E-state index contributed by atoms with van der Waals surface area (Å²) in [5.74, 6) is 0.541. The molecule has 0 saturated carbocycles. The first-order valence-corrected chi connectivity index (χ1v) is 7.76. The molecular weight excluding hydrogens is 292 g/mol.